The van der Waals surface area contributed by atoms with E-state index in [0.29, 0.717) is 21.5 Å². The van der Waals surface area contributed by atoms with Gasteiger partial charge in [0.1, 0.15) is 10.6 Å². The zero-order valence-corrected chi connectivity index (χ0v) is 15.0. The van der Waals surface area contributed by atoms with Gasteiger partial charge in [0.25, 0.3) is 5.91 Å². The smallest absolute Gasteiger partial charge is 0.350 e. The Balaban J connectivity index is 1.94. The van der Waals surface area contributed by atoms with Crippen molar-refractivity contribution in [1.29, 1.82) is 0 Å². The van der Waals surface area contributed by atoms with E-state index in [1.807, 2.05) is 18.2 Å². The molecular formula is C15H15BrN2O4S. The first-order valence-electron chi connectivity index (χ1n) is 6.83. The third kappa shape index (κ3) is 4.77. The number of esters is 1. The lowest BCUT2D eigenvalue weighted by molar-refractivity contribution is -0.118. The molecule has 6 nitrogen and oxygen atoms in total. The van der Waals surface area contributed by atoms with Crippen molar-refractivity contribution in [3.05, 3.63) is 39.3 Å². The van der Waals surface area contributed by atoms with E-state index in [-0.39, 0.29) is 19.1 Å². The molecule has 0 fully saturated rings. The second-order valence-electron chi connectivity index (χ2n) is 4.42. The summed E-state index contributed by atoms with van der Waals surface area (Å²) in [5.41, 5.74) is 0.524. The first-order valence-corrected chi connectivity index (χ1v) is 8.44. The van der Waals surface area contributed by atoms with Gasteiger partial charge in [-0.05, 0) is 41.9 Å². The normalized spacial score (nSPS) is 10.2. The molecule has 0 aliphatic carbocycles. The van der Waals surface area contributed by atoms with E-state index in [9.17, 15) is 9.59 Å². The molecule has 0 aliphatic rings. The Kier molecular flexibility index (Phi) is 6.12. The molecule has 0 bridgehead atoms. The Morgan fingerprint density at radius 1 is 1.35 bits per heavy atom. The number of carbonyl (C=O) groups is 2. The van der Waals surface area contributed by atoms with Crippen molar-refractivity contribution >= 4 is 44.3 Å². The van der Waals surface area contributed by atoms with Crippen molar-refractivity contribution in [3.8, 4) is 5.75 Å². The number of aryl methyl sites for hydroxylation is 1. The quantitative estimate of drug-likeness (QED) is 0.754. The van der Waals surface area contributed by atoms with Crippen LogP contribution in [0.1, 0.15) is 22.3 Å². The number of rotatable bonds is 6. The lowest BCUT2D eigenvalue weighted by Crippen LogP contribution is -2.20. The first-order chi connectivity index (χ1) is 11.0. The highest BCUT2D eigenvalue weighted by Gasteiger charge is 2.17. The first kappa shape index (κ1) is 17.4. The average molecular weight is 399 g/mol. The number of aromatic nitrogens is 1. The van der Waals surface area contributed by atoms with Crippen molar-refractivity contribution in [3.63, 3.8) is 0 Å². The number of anilines is 1. The van der Waals surface area contributed by atoms with E-state index in [4.69, 9.17) is 9.47 Å². The van der Waals surface area contributed by atoms with Gasteiger partial charge in [0.15, 0.2) is 11.7 Å². The fourth-order valence-electron chi connectivity index (χ4n) is 1.70. The van der Waals surface area contributed by atoms with Gasteiger partial charge in [0, 0.05) is 0 Å². The van der Waals surface area contributed by atoms with Crippen LogP contribution >= 0.6 is 27.3 Å². The van der Waals surface area contributed by atoms with Gasteiger partial charge in [0.05, 0.1) is 16.8 Å². The zero-order valence-electron chi connectivity index (χ0n) is 12.6. The molecule has 0 saturated heterocycles. The molecule has 1 aromatic heterocycles. The molecule has 0 aliphatic heterocycles. The van der Waals surface area contributed by atoms with Gasteiger partial charge in [-0.25, -0.2) is 9.78 Å². The predicted octanol–water partition coefficient (Wildman–Crippen LogP) is 3.41. The summed E-state index contributed by atoms with van der Waals surface area (Å²) in [5, 5.41) is 2.95. The molecule has 0 unspecified atom stereocenters. The van der Waals surface area contributed by atoms with E-state index in [0.717, 1.165) is 15.8 Å². The Bertz CT molecular complexity index is 717. The predicted molar refractivity (Wildman–Crippen MR) is 91.1 cm³/mol. The largest absolute Gasteiger partial charge is 0.483 e. The van der Waals surface area contributed by atoms with Gasteiger partial charge in [-0.3, -0.25) is 10.1 Å². The maximum atomic E-state index is 11.9. The highest BCUT2D eigenvalue weighted by molar-refractivity contribution is 9.10. The molecule has 1 heterocycles. The van der Waals surface area contributed by atoms with Gasteiger partial charge in [0.2, 0.25) is 0 Å². The molecule has 0 spiro atoms. The second-order valence-corrected chi connectivity index (χ2v) is 6.27. The fraction of sp³-hybridized carbons (Fsp3) is 0.267. The Morgan fingerprint density at radius 3 is 2.78 bits per heavy atom. The number of halogens is 1. The summed E-state index contributed by atoms with van der Waals surface area (Å²) in [6.45, 7) is 3.56. The number of thiazole rings is 1. The van der Waals surface area contributed by atoms with Gasteiger partial charge in [-0.1, -0.05) is 23.5 Å². The van der Waals surface area contributed by atoms with Crippen LogP contribution in [-0.4, -0.2) is 30.1 Å². The molecule has 1 aromatic carbocycles. The van der Waals surface area contributed by atoms with Crippen LogP contribution in [0.3, 0.4) is 0 Å². The van der Waals surface area contributed by atoms with Crippen LogP contribution < -0.4 is 10.1 Å². The van der Waals surface area contributed by atoms with Crippen LogP contribution in [0.25, 0.3) is 0 Å². The lowest BCUT2D eigenvalue weighted by atomic mass is 10.3. The molecule has 122 valence electrons. The summed E-state index contributed by atoms with van der Waals surface area (Å²) in [6, 6.07) is 7.24. The maximum Gasteiger partial charge on any atom is 0.350 e. The number of para-hydroxylation sites is 1. The van der Waals surface area contributed by atoms with Crippen molar-refractivity contribution in [2.75, 3.05) is 18.5 Å². The number of hydrogen-bond donors (Lipinski definition) is 1. The minimum Gasteiger partial charge on any atom is -0.483 e. The SMILES string of the molecule is CCOC(=O)c1sc(NC(=O)COc2ccccc2Br)nc1C. The van der Waals surface area contributed by atoms with Crippen molar-refractivity contribution in [2.45, 2.75) is 13.8 Å². The molecule has 2 aromatic rings. The van der Waals surface area contributed by atoms with Crippen molar-refractivity contribution in [2.24, 2.45) is 0 Å². The highest BCUT2D eigenvalue weighted by Crippen LogP contribution is 2.25. The van der Waals surface area contributed by atoms with Crippen molar-refractivity contribution in [1.82, 2.24) is 4.98 Å². The van der Waals surface area contributed by atoms with Crippen LogP contribution in [0, 0.1) is 6.92 Å². The fourth-order valence-corrected chi connectivity index (χ4v) is 2.97. The molecule has 2 rings (SSSR count). The molecule has 1 amide bonds. The third-order valence-electron chi connectivity index (χ3n) is 2.70. The van der Waals surface area contributed by atoms with Crippen LogP contribution in [0.5, 0.6) is 5.75 Å². The number of amides is 1. The standard InChI is InChI=1S/C15H15BrN2O4S/c1-3-21-14(20)13-9(2)17-15(23-13)18-12(19)8-22-11-7-5-4-6-10(11)16/h4-7H,3,8H2,1-2H3,(H,17,18,19). The third-order valence-corrected chi connectivity index (χ3v) is 4.41. The minimum atomic E-state index is -0.438. The van der Waals surface area contributed by atoms with E-state index in [1.54, 1.807) is 19.9 Å². The zero-order chi connectivity index (χ0) is 16.8. The van der Waals surface area contributed by atoms with E-state index in [2.05, 4.69) is 26.2 Å². The average Bonchev–Trinajstić information content (AvgIpc) is 2.87. The van der Waals surface area contributed by atoms with E-state index in [1.165, 1.54) is 0 Å². The van der Waals surface area contributed by atoms with E-state index < -0.39 is 5.97 Å². The number of nitrogens with zero attached hydrogens (tertiary/aromatic N) is 1. The molecule has 23 heavy (non-hydrogen) atoms. The van der Waals surface area contributed by atoms with Crippen LogP contribution in [0.4, 0.5) is 5.13 Å². The summed E-state index contributed by atoms with van der Waals surface area (Å²) in [7, 11) is 0. The Hall–Kier alpha value is -1.93. The minimum absolute atomic E-state index is 0.157. The van der Waals surface area contributed by atoms with Gasteiger partial charge >= 0.3 is 5.97 Å². The number of nitrogens with one attached hydrogen (secondary N) is 1. The summed E-state index contributed by atoms with van der Waals surface area (Å²) >= 11 is 4.42. The Labute approximate surface area is 146 Å². The van der Waals surface area contributed by atoms with Gasteiger partial charge in [-0.2, -0.15) is 0 Å². The van der Waals surface area contributed by atoms with Gasteiger partial charge in [-0.15, -0.1) is 0 Å². The number of carbonyl (C=O) groups excluding carboxylic acids is 2. The number of ether oxygens (including phenoxy) is 2. The highest BCUT2D eigenvalue weighted by atomic mass is 79.9. The molecular weight excluding hydrogens is 384 g/mol. The molecule has 0 atom stereocenters. The summed E-state index contributed by atoms with van der Waals surface area (Å²) in [5.74, 6) is -0.220. The molecule has 0 saturated carbocycles. The molecule has 0 radical (unpaired) electrons. The lowest BCUT2D eigenvalue weighted by Gasteiger charge is -2.07. The topological polar surface area (TPSA) is 77.5 Å². The maximum absolute atomic E-state index is 11.9. The van der Waals surface area contributed by atoms with Crippen molar-refractivity contribution < 1.29 is 19.1 Å². The summed E-state index contributed by atoms with van der Waals surface area (Å²) in [6.07, 6.45) is 0. The van der Waals surface area contributed by atoms with Gasteiger partial charge < -0.3 is 9.47 Å². The Morgan fingerprint density at radius 2 is 2.09 bits per heavy atom. The number of benzene rings is 1. The van der Waals surface area contributed by atoms with Crippen LogP contribution in [-0.2, 0) is 9.53 Å². The monoisotopic (exact) mass is 398 g/mol. The molecule has 8 heteroatoms. The summed E-state index contributed by atoms with van der Waals surface area (Å²) < 4.78 is 11.1. The second kappa shape index (κ2) is 8.07. The number of hydrogen-bond acceptors (Lipinski definition) is 6. The van der Waals surface area contributed by atoms with E-state index >= 15 is 0 Å². The molecule has 1 N–H and O–H groups in total. The van der Waals surface area contributed by atoms with Crippen LogP contribution in [0.15, 0.2) is 28.7 Å². The summed E-state index contributed by atoms with van der Waals surface area (Å²) in [4.78, 5) is 28.2. The van der Waals surface area contributed by atoms with Crippen LogP contribution in [0.2, 0.25) is 0 Å².